The molecule has 1 fully saturated rings. The number of hydrogen-bond acceptors (Lipinski definition) is 4. The number of thiophene rings is 1. The van der Waals surface area contributed by atoms with Crippen LogP contribution in [0.3, 0.4) is 0 Å². The van der Waals surface area contributed by atoms with Crippen molar-refractivity contribution in [3.63, 3.8) is 0 Å². The Bertz CT molecular complexity index is 360. The monoisotopic (exact) mass is 226 g/mol. The maximum absolute atomic E-state index is 10.5. The summed E-state index contributed by atoms with van der Waals surface area (Å²) in [5.41, 5.74) is 1.01. The Morgan fingerprint density at radius 1 is 1.73 bits per heavy atom. The molecule has 0 radical (unpaired) electrons. The summed E-state index contributed by atoms with van der Waals surface area (Å²) < 4.78 is 0. The second-order valence-electron chi connectivity index (χ2n) is 4.06. The van der Waals surface area contributed by atoms with Crippen molar-refractivity contribution in [3.05, 3.63) is 27.1 Å². The van der Waals surface area contributed by atoms with Crippen LogP contribution in [-0.2, 0) is 6.54 Å². The molecule has 1 N–H and O–H groups in total. The van der Waals surface area contributed by atoms with Crippen LogP contribution < -0.4 is 5.32 Å². The Labute approximate surface area is 92.5 Å². The van der Waals surface area contributed by atoms with Gasteiger partial charge in [0.25, 0.3) is 0 Å². The summed E-state index contributed by atoms with van der Waals surface area (Å²) in [6, 6.07) is 2.18. The fourth-order valence-electron chi connectivity index (χ4n) is 1.59. The molecule has 4 nitrogen and oxygen atoms in total. The molecule has 0 bridgehead atoms. The topological polar surface area (TPSA) is 55.2 Å². The molecule has 0 aromatic carbocycles. The van der Waals surface area contributed by atoms with E-state index in [9.17, 15) is 10.1 Å². The Morgan fingerprint density at radius 2 is 2.47 bits per heavy atom. The van der Waals surface area contributed by atoms with Gasteiger partial charge in [-0.05, 0) is 31.2 Å². The van der Waals surface area contributed by atoms with E-state index in [1.807, 2.05) is 5.38 Å². The van der Waals surface area contributed by atoms with E-state index in [4.69, 9.17) is 0 Å². The number of nitrogens with one attached hydrogen (secondary N) is 1. The van der Waals surface area contributed by atoms with Crippen molar-refractivity contribution in [2.24, 2.45) is 5.92 Å². The second kappa shape index (κ2) is 4.28. The van der Waals surface area contributed by atoms with Crippen molar-refractivity contribution in [1.29, 1.82) is 0 Å². The maximum atomic E-state index is 10.5. The average molecular weight is 226 g/mol. The van der Waals surface area contributed by atoms with E-state index in [-0.39, 0.29) is 9.92 Å². The zero-order valence-electron chi connectivity index (χ0n) is 8.60. The summed E-state index contributed by atoms with van der Waals surface area (Å²) in [4.78, 5) is 10.1. The molecule has 1 aromatic heterocycles. The Morgan fingerprint density at radius 3 is 3.00 bits per heavy atom. The van der Waals surface area contributed by atoms with E-state index < -0.39 is 0 Å². The highest BCUT2D eigenvalue weighted by molar-refractivity contribution is 7.13. The van der Waals surface area contributed by atoms with Crippen molar-refractivity contribution in [1.82, 2.24) is 5.32 Å². The molecular weight excluding hydrogens is 212 g/mol. The third-order valence-electron chi connectivity index (χ3n) is 2.78. The average Bonchev–Trinajstić information content (AvgIpc) is 2.93. The van der Waals surface area contributed by atoms with Gasteiger partial charge >= 0.3 is 5.00 Å². The first kappa shape index (κ1) is 10.6. The normalized spacial score (nSPS) is 17.7. The first-order valence-corrected chi connectivity index (χ1v) is 6.00. The van der Waals surface area contributed by atoms with E-state index in [2.05, 4.69) is 12.2 Å². The molecule has 82 valence electrons. The summed E-state index contributed by atoms with van der Waals surface area (Å²) in [7, 11) is 0. The highest BCUT2D eigenvalue weighted by Crippen LogP contribution is 2.32. The lowest BCUT2D eigenvalue weighted by molar-refractivity contribution is -0.380. The molecule has 0 saturated heterocycles. The number of rotatable bonds is 5. The summed E-state index contributed by atoms with van der Waals surface area (Å²) in [6.45, 7) is 2.92. The van der Waals surface area contributed by atoms with Crippen molar-refractivity contribution < 1.29 is 4.92 Å². The minimum Gasteiger partial charge on any atom is -0.310 e. The minimum atomic E-state index is -0.335. The van der Waals surface area contributed by atoms with Crippen LogP contribution in [0, 0.1) is 16.0 Å². The molecule has 1 saturated carbocycles. The summed E-state index contributed by atoms with van der Waals surface area (Å²) >= 11 is 1.19. The van der Waals surface area contributed by atoms with Crippen LogP contribution in [0.2, 0.25) is 0 Å². The van der Waals surface area contributed by atoms with Gasteiger partial charge in [0.15, 0.2) is 0 Å². The zero-order chi connectivity index (χ0) is 10.8. The molecule has 0 aliphatic heterocycles. The molecular formula is C10H14N2O2S. The van der Waals surface area contributed by atoms with Crippen LogP contribution in [0.25, 0.3) is 0 Å². The van der Waals surface area contributed by atoms with Gasteiger partial charge in [0.05, 0.1) is 4.92 Å². The molecule has 1 aromatic rings. The van der Waals surface area contributed by atoms with E-state index in [1.54, 1.807) is 6.07 Å². The van der Waals surface area contributed by atoms with Crippen molar-refractivity contribution in [2.75, 3.05) is 0 Å². The van der Waals surface area contributed by atoms with Gasteiger partial charge in [-0.1, -0.05) is 11.3 Å². The fourth-order valence-corrected chi connectivity index (χ4v) is 2.32. The Balaban J connectivity index is 1.84. The predicted octanol–water partition coefficient (Wildman–Crippen LogP) is 2.54. The minimum absolute atomic E-state index is 0.228. The lowest BCUT2D eigenvalue weighted by atomic mass is 10.2. The highest BCUT2D eigenvalue weighted by atomic mass is 32.1. The van der Waals surface area contributed by atoms with Crippen LogP contribution in [0.1, 0.15) is 25.3 Å². The molecule has 2 rings (SSSR count). The first-order chi connectivity index (χ1) is 7.16. The molecule has 1 aliphatic rings. The fraction of sp³-hybridized carbons (Fsp3) is 0.600. The van der Waals surface area contributed by atoms with Crippen molar-refractivity contribution >= 4 is 16.3 Å². The summed E-state index contributed by atoms with van der Waals surface area (Å²) in [5.74, 6) is 0.818. The van der Waals surface area contributed by atoms with Gasteiger partial charge in [0, 0.05) is 24.0 Å². The molecule has 1 atom stereocenters. The van der Waals surface area contributed by atoms with E-state index in [0.717, 1.165) is 18.0 Å². The predicted molar refractivity (Wildman–Crippen MR) is 60.0 cm³/mol. The van der Waals surface area contributed by atoms with Gasteiger partial charge in [-0.3, -0.25) is 10.1 Å². The molecule has 15 heavy (non-hydrogen) atoms. The second-order valence-corrected chi connectivity index (χ2v) is 4.95. The van der Waals surface area contributed by atoms with E-state index in [0.29, 0.717) is 6.04 Å². The van der Waals surface area contributed by atoms with Crippen LogP contribution >= 0.6 is 11.3 Å². The molecule has 1 unspecified atom stereocenters. The van der Waals surface area contributed by atoms with Gasteiger partial charge < -0.3 is 5.32 Å². The Kier molecular flexibility index (Phi) is 3.02. The first-order valence-electron chi connectivity index (χ1n) is 5.12. The van der Waals surface area contributed by atoms with Crippen LogP contribution in [0.5, 0.6) is 0 Å². The molecule has 0 spiro atoms. The number of nitro groups is 1. The summed E-state index contributed by atoms with van der Waals surface area (Å²) in [5, 5.41) is 15.9. The molecule has 1 aliphatic carbocycles. The van der Waals surface area contributed by atoms with Gasteiger partial charge in [-0.2, -0.15) is 0 Å². The largest absolute Gasteiger partial charge is 0.324 e. The highest BCUT2D eigenvalue weighted by Gasteiger charge is 2.27. The van der Waals surface area contributed by atoms with Gasteiger partial charge in [0.2, 0.25) is 0 Å². The zero-order valence-corrected chi connectivity index (χ0v) is 9.42. The molecule has 5 heteroatoms. The number of nitrogens with zero attached hydrogens (tertiary/aromatic N) is 1. The lowest BCUT2D eigenvalue weighted by Gasteiger charge is -2.10. The molecule has 1 heterocycles. The van der Waals surface area contributed by atoms with Gasteiger partial charge in [0.1, 0.15) is 0 Å². The molecule has 0 amide bonds. The van der Waals surface area contributed by atoms with Crippen LogP contribution in [0.15, 0.2) is 11.4 Å². The third-order valence-corrected chi connectivity index (χ3v) is 3.71. The lowest BCUT2D eigenvalue weighted by Crippen LogP contribution is -2.26. The van der Waals surface area contributed by atoms with Gasteiger partial charge in [-0.25, -0.2) is 0 Å². The van der Waals surface area contributed by atoms with Crippen molar-refractivity contribution in [2.45, 2.75) is 32.4 Å². The SMILES string of the molecule is CC(NCc1csc([N+](=O)[O-])c1)C1CC1. The Hall–Kier alpha value is -0.940. The summed E-state index contributed by atoms with van der Waals surface area (Å²) in [6.07, 6.45) is 2.63. The van der Waals surface area contributed by atoms with Crippen LogP contribution in [0.4, 0.5) is 5.00 Å². The number of hydrogen-bond donors (Lipinski definition) is 1. The quantitative estimate of drug-likeness (QED) is 0.620. The van der Waals surface area contributed by atoms with Gasteiger partial charge in [-0.15, -0.1) is 0 Å². The van der Waals surface area contributed by atoms with Crippen molar-refractivity contribution in [3.8, 4) is 0 Å². The third kappa shape index (κ3) is 2.76. The smallest absolute Gasteiger partial charge is 0.310 e. The standard InChI is InChI=1S/C10H14N2O2S/c1-7(9-2-3-9)11-5-8-4-10(12(13)14)15-6-8/h4,6-7,9,11H,2-3,5H2,1H3. The van der Waals surface area contributed by atoms with E-state index >= 15 is 0 Å². The van der Waals surface area contributed by atoms with E-state index in [1.165, 1.54) is 24.2 Å². The maximum Gasteiger partial charge on any atom is 0.324 e. The van der Waals surface area contributed by atoms with Crippen LogP contribution in [-0.4, -0.2) is 11.0 Å².